The van der Waals surface area contributed by atoms with Gasteiger partial charge in [-0.05, 0) is 36.8 Å². The van der Waals surface area contributed by atoms with Gasteiger partial charge >= 0.3 is 6.03 Å². The lowest BCUT2D eigenvalue weighted by atomic mass is 9.92. The number of ether oxygens (including phenoxy) is 2. The van der Waals surface area contributed by atoms with Crippen LogP contribution in [-0.4, -0.2) is 91.2 Å². The van der Waals surface area contributed by atoms with Crippen molar-refractivity contribution in [2.75, 3.05) is 58.0 Å². The third kappa shape index (κ3) is 4.31. The summed E-state index contributed by atoms with van der Waals surface area (Å²) < 4.78 is 10.6. The van der Waals surface area contributed by atoms with E-state index in [9.17, 15) is 14.4 Å². The zero-order valence-corrected chi connectivity index (χ0v) is 19.3. The van der Waals surface area contributed by atoms with E-state index < -0.39 is 17.5 Å². The second kappa shape index (κ2) is 9.29. The molecule has 2 N–H and O–H groups in total. The second-order valence-electron chi connectivity index (χ2n) is 8.58. The molecule has 0 aliphatic carbocycles. The Morgan fingerprint density at radius 2 is 1.97 bits per heavy atom. The van der Waals surface area contributed by atoms with Gasteiger partial charge in [0.25, 0.3) is 5.91 Å². The van der Waals surface area contributed by atoms with Crippen LogP contribution in [0.5, 0.6) is 5.75 Å². The van der Waals surface area contributed by atoms with Crippen LogP contribution in [0.2, 0.25) is 0 Å². The van der Waals surface area contributed by atoms with E-state index >= 15 is 0 Å². The normalized spacial score (nSPS) is 28.6. The van der Waals surface area contributed by atoms with Crippen LogP contribution in [-0.2, 0) is 19.9 Å². The van der Waals surface area contributed by atoms with Crippen molar-refractivity contribution in [3.63, 3.8) is 0 Å². The smallest absolute Gasteiger partial charge is 0.325 e. The summed E-state index contributed by atoms with van der Waals surface area (Å²) in [5.74, 6) is 1.88. The molecular formula is C22H30N4O5S. The van der Waals surface area contributed by atoms with Gasteiger partial charge in [-0.25, -0.2) is 4.79 Å². The Kier molecular flexibility index (Phi) is 6.64. The molecule has 174 valence electrons. The molecule has 2 unspecified atom stereocenters. The van der Waals surface area contributed by atoms with Gasteiger partial charge in [0.2, 0.25) is 5.91 Å². The van der Waals surface area contributed by atoms with Crippen molar-refractivity contribution in [1.29, 1.82) is 0 Å². The van der Waals surface area contributed by atoms with Gasteiger partial charge in [-0.15, -0.1) is 0 Å². The fourth-order valence-corrected chi connectivity index (χ4v) is 6.04. The number of hydrogen-bond acceptors (Lipinski definition) is 7. The van der Waals surface area contributed by atoms with E-state index in [1.165, 1.54) is 0 Å². The standard InChI is InChI=1S/C22H30N4O5S/c1-21(16-3-5-17(30-2)6-4-16)19(28)26(20(29)24-21)13-18(27)23-14-22(7-12-32-15-22)25-8-10-31-11-9-25/h3-6H,7-15H2,1-2H3,(H,23,27)(H,24,29). The number of thioether (sulfide) groups is 1. The van der Waals surface area contributed by atoms with E-state index in [1.54, 1.807) is 38.3 Å². The van der Waals surface area contributed by atoms with Crippen LogP contribution in [0.25, 0.3) is 0 Å². The number of benzene rings is 1. The van der Waals surface area contributed by atoms with E-state index in [1.807, 2.05) is 11.8 Å². The average molecular weight is 463 g/mol. The molecule has 4 amide bonds. The first-order chi connectivity index (χ1) is 15.4. The van der Waals surface area contributed by atoms with Crippen molar-refractivity contribution >= 4 is 29.6 Å². The van der Waals surface area contributed by atoms with Crippen LogP contribution in [0.4, 0.5) is 4.79 Å². The lowest BCUT2D eigenvalue weighted by molar-refractivity contribution is -0.135. The largest absolute Gasteiger partial charge is 0.497 e. The minimum Gasteiger partial charge on any atom is -0.497 e. The number of rotatable bonds is 7. The number of carbonyl (C=O) groups excluding carboxylic acids is 3. The predicted octanol–water partition coefficient (Wildman–Crippen LogP) is 0.786. The highest BCUT2D eigenvalue weighted by atomic mass is 32.2. The van der Waals surface area contributed by atoms with Crippen molar-refractivity contribution in [2.45, 2.75) is 24.4 Å². The van der Waals surface area contributed by atoms with Gasteiger partial charge in [0.15, 0.2) is 0 Å². The van der Waals surface area contributed by atoms with E-state index in [0.717, 1.165) is 35.9 Å². The number of hydrogen-bond donors (Lipinski definition) is 2. The molecule has 3 aliphatic heterocycles. The third-order valence-electron chi connectivity index (χ3n) is 6.62. The zero-order valence-electron chi connectivity index (χ0n) is 18.5. The van der Waals surface area contributed by atoms with Crippen molar-refractivity contribution in [3.05, 3.63) is 29.8 Å². The Morgan fingerprint density at radius 1 is 1.25 bits per heavy atom. The molecular weight excluding hydrogens is 432 g/mol. The molecule has 9 nitrogen and oxygen atoms in total. The molecule has 32 heavy (non-hydrogen) atoms. The van der Waals surface area contributed by atoms with Crippen molar-refractivity contribution in [1.82, 2.24) is 20.4 Å². The van der Waals surface area contributed by atoms with E-state index in [2.05, 4.69) is 15.5 Å². The van der Waals surface area contributed by atoms with Gasteiger partial charge < -0.3 is 20.1 Å². The molecule has 0 spiro atoms. The molecule has 3 fully saturated rings. The summed E-state index contributed by atoms with van der Waals surface area (Å²) in [6.45, 7) is 4.95. The summed E-state index contributed by atoms with van der Waals surface area (Å²) in [4.78, 5) is 41.8. The summed E-state index contributed by atoms with van der Waals surface area (Å²) in [5, 5.41) is 5.72. The first-order valence-electron chi connectivity index (χ1n) is 10.8. The van der Waals surface area contributed by atoms with E-state index in [-0.39, 0.29) is 18.0 Å². The van der Waals surface area contributed by atoms with Crippen LogP contribution < -0.4 is 15.4 Å². The summed E-state index contributed by atoms with van der Waals surface area (Å²) in [6, 6.07) is 6.39. The van der Waals surface area contributed by atoms with Gasteiger partial charge in [-0.2, -0.15) is 11.8 Å². The Morgan fingerprint density at radius 3 is 2.59 bits per heavy atom. The summed E-state index contributed by atoms with van der Waals surface area (Å²) in [7, 11) is 1.56. The molecule has 0 saturated carbocycles. The van der Waals surface area contributed by atoms with Crippen molar-refractivity contribution in [3.8, 4) is 5.75 Å². The maximum absolute atomic E-state index is 13.1. The fraction of sp³-hybridized carbons (Fsp3) is 0.591. The van der Waals surface area contributed by atoms with Crippen molar-refractivity contribution < 1.29 is 23.9 Å². The van der Waals surface area contributed by atoms with E-state index in [4.69, 9.17) is 9.47 Å². The number of nitrogens with one attached hydrogen (secondary N) is 2. The molecule has 3 saturated heterocycles. The Hall–Kier alpha value is -2.30. The second-order valence-corrected chi connectivity index (χ2v) is 9.68. The average Bonchev–Trinajstić information content (AvgIpc) is 3.39. The molecule has 10 heteroatoms. The molecule has 4 rings (SSSR count). The van der Waals surface area contributed by atoms with Crippen LogP contribution in [0.1, 0.15) is 18.9 Å². The van der Waals surface area contributed by atoms with Crippen LogP contribution in [0.15, 0.2) is 24.3 Å². The number of methoxy groups -OCH3 is 1. The number of amides is 4. The lowest BCUT2D eigenvalue weighted by Gasteiger charge is -2.43. The molecule has 0 bridgehead atoms. The maximum atomic E-state index is 13.1. The molecule has 3 aliphatic rings. The third-order valence-corrected chi connectivity index (χ3v) is 7.86. The van der Waals surface area contributed by atoms with Gasteiger partial charge in [-0.1, -0.05) is 12.1 Å². The molecule has 1 aromatic carbocycles. The van der Waals surface area contributed by atoms with E-state index in [0.29, 0.717) is 31.1 Å². The minimum absolute atomic E-state index is 0.0982. The Labute approximate surface area is 192 Å². The minimum atomic E-state index is -1.22. The number of morpholine rings is 1. The number of nitrogens with zero attached hydrogens (tertiary/aromatic N) is 2. The van der Waals surface area contributed by atoms with Gasteiger partial charge in [0.1, 0.15) is 17.8 Å². The fourth-order valence-electron chi connectivity index (χ4n) is 4.56. The molecule has 1 aromatic rings. The Bertz CT molecular complexity index is 868. The first kappa shape index (κ1) is 22.9. The highest BCUT2D eigenvalue weighted by molar-refractivity contribution is 7.99. The first-order valence-corrected chi connectivity index (χ1v) is 12.0. The summed E-state index contributed by atoms with van der Waals surface area (Å²) in [6.07, 6.45) is 0.997. The summed E-state index contributed by atoms with van der Waals surface area (Å²) in [5.41, 5.74) is -0.687. The molecule has 2 atom stereocenters. The van der Waals surface area contributed by atoms with Gasteiger partial charge in [0, 0.05) is 30.9 Å². The predicted molar refractivity (Wildman–Crippen MR) is 121 cm³/mol. The molecule has 0 aromatic heterocycles. The maximum Gasteiger partial charge on any atom is 0.325 e. The van der Waals surface area contributed by atoms with Gasteiger partial charge in [-0.3, -0.25) is 19.4 Å². The lowest BCUT2D eigenvalue weighted by Crippen LogP contribution is -2.59. The van der Waals surface area contributed by atoms with Gasteiger partial charge in [0.05, 0.1) is 20.3 Å². The van der Waals surface area contributed by atoms with Crippen LogP contribution in [0, 0.1) is 0 Å². The number of carbonyl (C=O) groups is 3. The molecule has 0 radical (unpaired) electrons. The SMILES string of the molecule is COc1ccc(C2(C)NC(=O)N(CC(=O)NCC3(N4CCOCC4)CCSC3)C2=O)cc1. The van der Waals surface area contributed by atoms with Crippen molar-refractivity contribution in [2.24, 2.45) is 0 Å². The number of imide groups is 1. The monoisotopic (exact) mass is 462 g/mol. The van der Waals surface area contributed by atoms with Crippen LogP contribution in [0.3, 0.4) is 0 Å². The highest BCUT2D eigenvalue weighted by Gasteiger charge is 2.49. The summed E-state index contributed by atoms with van der Waals surface area (Å²) >= 11 is 1.89. The number of urea groups is 1. The highest BCUT2D eigenvalue weighted by Crippen LogP contribution is 2.34. The Balaban J connectivity index is 1.39. The topological polar surface area (TPSA) is 100 Å². The quantitative estimate of drug-likeness (QED) is 0.578. The molecule has 3 heterocycles. The van der Waals surface area contributed by atoms with Crippen LogP contribution >= 0.6 is 11.8 Å². The zero-order chi connectivity index (χ0) is 22.8.